The van der Waals surface area contributed by atoms with Crippen LogP contribution < -0.4 is 0 Å². The Kier molecular flexibility index (Phi) is 4.82. The van der Waals surface area contributed by atoms with Crippen molar-refractivity contribution in [3.8, 4) is 11.1 Å². The smallest absolute Gasteiger partial charge is 0.0693 e. The molecule has 0 unspecified atom stereocenters. The zero-order valence-electron chi connectivity index (χ0n) is 16.8. The normalized spacial score (nSPS) is 14.3. The van der Waals surface area contributed by atoms with Gasteiger partial charge in [-0.1, -0.05) is 115 Å². The molecule has 0 fully saturated rings. The molecule has 1 aliphatic rings. The van der Waals surface area contributed by atoms with Gasteiger partial charge in [0.2, 0.25) is 0 Å². The SMILES string of the molecule is OCc1c(-c2ccccc2)ccc2c1C=CC(c1ccccc1)(c1ccccc1)C2. The molecule has 0 atom stereocenters. The first-order valence-electron chi connectivity index (χ1n) is 10.4. The third kappa shape index (κ3) is 3.08. The minimum atomic E-state index is -0.212. The largest absolute Gasteiger partial charge is 0.392 e. The van der Waals surface area contributed by atoms with Crippen LogP contribution >= 0.6 is 0 Å². The van der Waals surface area contributed by atoms with E-state index in [1.165, 1.54) is 16.7 Å². The van der Waals surface area contributed by atoms with Gasteiger partial charge in [0.25, 0.3) is 0 Å². The highest BCUT2D eigenvalue weighted by Gasteiger charge is 2.35. The second-order valence-corrected chi connectivity index (χ2v) is 7.90. The number of rotatable bonds is 4. The maximum atomic E-state index is 10.3. The Bertz CT molecular complexity index is 1140. The molecule has 1 N–H and O–H groups in total. The summed E-state index contributed by atoms with van der Waals surface area (Å²) in [7, 11) is 0. The lowest BCUT2D eigenvalue weighted by Gasteiger charge is -2.36. The average molecular weight is 389 g/mol. The molecule has 0 bridgehead atoms. The average Bonchev–Trinajstić information content (AvgIpc) is 2.84. The monoisotopic (exact) mass is 388 g/mol. The van der Waals surface area contributed by atoms with Crippen molar-refractivity contribution in [3.05, 3.63) is 137 Å². The first-order valence-corrected chi connectivity index (χ1v) is 10.4. The molecule has 4 aromatic rings. The van der Waals surface area contributed by atoms with Gasteiger partial charge >= 0.3 is 0 Å². The van der Waals surface area contributed by atoms with Crippen molar-refractivity contribution in [2.45, 2.75) is 18.4 Å². The summed E-state index contributed by atoms with van der Waals surface area (Å²) < 4.78 is 0. The molecule has 1 aliphatic carbocycles. The molecular weight excluding hydrogens is 364 g/mol. The van der Waals surface area contributed by atoms with Crippen molar-refractivity contribution >= 4 is 6.08 Å². The topological polar surface area (TPSA) is 20.2 Å². The van der Waals surface area contributed by atoms with E-state index in [2.05, 4.69) is 97.1 Å². The van der Waals surface area contributed by atoms with Gasteiger partial charge in [0.05, 0.1) is 6.61 Å². The first kappa shape index (κ1) is 18.6. The molecular formula is C29H24O. The molecule has 0 saturated carbocycles. The van der Waals surface area contributed by atoms with Gasteiger partial charge in [-0.15, -0.1) is 0 Å². The van der Waals surface area contributed by atoms with Crippen LogP contribution in [-0.4, -0.2) is 5.11 Å². The fourth-order valence-corrected chi connectivity index (χ4v) is 4.75. The maximum Gasteiger partial charge on any atom is 0.0693 e. The molecule has 0 amide bonds. The molecule has 1 nitrogen and oxygen atoms in total. The van der Waals surface area contributed by atoms with Crippen LogP contribution in [0.2, 0.25) is 0 Å². The van der Waals surface area contributed by atoms with E-state index in [4.69, 9.17) is 0 Å². The Morgan fingerprint density at radius 2 is 1.23 bits per heavy atom. The van der Waals surface area contributed by atoms with E-state index >= 15 is 0 Å². The Morgan fingerprint density at radius 3 is 1.80 bits per heavy atom. The lowest BCUT2D eigenvalue weighted by Crippen LogP contribution is -2.30. The van der Waals surface area contributed by atoms with Crippen LogP contribution in [0.3, 0.4) is 0 Å². The Balaban J connectivity index is 1.68. The number of fused-ring (bicyclic) bond motifs is 1. The lowest BCUT2D eigenvalue weighted by atomic mass is 9.66. The van der Waals surface area contributed by atoms with Crippen molar-refractivity contribution in [1.29, 1.82) is 0 Å². The number of hydrogen-bond acceptors (Lipinski definition) is 1. The predicted molar refractivity (Wildman–Crippen MR) is 124 cm³/mol. The van der Waals surface area contributed by atoms with Crippen LogP contribution in [0.15, 0.2) is 109 Å². The minimum Gasteiger partial charge on any atom is -0.392 e. The van der Waals surface area contributed by atoms with Gasteiger partial charge in [0.15, 0.2) is 0 Å². The summed E-state index contributed by atoms with van der Waals surface area (Å²) in [5, 5.41) is 10.3. The molecule has 0 heterocycles. The Hall–Kier alpha value is -3.42. The van der Waals surface area contributed by atoms with Crippen LogP contribution in [0.4, 0.5) is 0 Å². The minimum absolute atomic E-state index is 0.0292. The molecule has 1 heteroatoms. The summed E-state index contributed by atoms with van der Waals surface area (Å²) >= 11 is 0. The second-order valence-electron chi connectivity index (χ2n) is 7.90. The van der Waals surface area contributed by atoms with Crippen LogP contribution in [-0.2, 0) is 18.4 Å². The lowest BCUT2D eigenvalue weighted by molar-refractivity contribution is 0.282. The van der Waals surface area contributed by atoms with Gasteiger partial charge < -0.3 is 5.11 Å². The van der Waals surface area contributed by atoms with Gasteiger partial charge in [-0.25, -0.2) is 0 Å². The molecule has 0 aromatic heterocycles. The summed E-state index contributed by atoms with van der Waals surface area (Å²) in [5.41, 5.74) is 8.04. The van der Waals surface area contributed by atoms with Crippen LogP contribution in [0.25, 0.3) is 17.2 Å². The molecule has 0 saturated heterocycles. The van der Waals surface area contributed by atoms with Crippen LogP contribution in [0, 0.1) is 0 Å². The number of allylic oxidation sites excluding steroid dienone is 1. The summed E-state index contributed by atoms with van der Waals surface area (Å²) in [6.45, 7) is 0.0292. The molecule has 5 rings (SSSR count). The number of benzene rings is 4. The highest BCUT2D eigenvalue weighted by molar-refractivity contribution is 5.76. The van der Waals surface area contributed by atoms with Crippen molar-refractivity contribution < 1.29 is 5.11 Å². The van der Waals surface area contributed by atoms with E-state index in [1.807, 2.05) is 18.2 Å². The molecule has 30 heavy (non-hydrogen) atoms. The number of aliphatic hydroxyl groups excluding tert-OH is 1. The highest BCUT2D eigenvalue weighted by Crippen LogP contribution is 2.43. The number of hydrogen-bond donors (Lipinski definition) is 1. The zero-order valence-corrected chi connectivity index (χ0v) is 16.8. The molecule has 0 aliphatic heterocycles. The van der Waals surface area contributed by atoms with Crippen LogP contribution in [0.5, 0.6) is 0 Å². The third-order valence-electron chi connectivity index (χ3n) is 6.27. The van der Waals surface area contributed by atoms with Crippen molar-refractivity contribution in [2.24, 2.45) is 0 Å². The zero-order chi connectivity index (χ0) is 20.4. The summed E-state index contributed by atoms with van der Waals surface area (Å²) in [5.74, 6) is 0. The second kappa shape index (κ2) is 7.78. The van der Waals surface area contributed by atoms with Gasteiger partial charge in [-0.2, -0.15) is 0 Å². The molecule has 0 radical (unpaired) electrons. The molecule has 146 valence electrons. The van der Waals surface area contributed by atoms with Gasteiger partial charge in [0, 0.05) is 5.41 Å². The fraction of sp³-hybridized carbons (Fsp3) is 0.103. The predicted octanol–water partition coefficient (Wildman–Crippen LogP) is 6.40. The maximum absolute atomic E-state index is 10.3. The summed E-state index contributed by atoms with van der Waals surface area (Å²) in [6, 6.07) is 36.2. The summed E-state index contributed by atoms with van der Waals surface area (Å²) in [6.07, 6.45) is 5.42. The molecule has 0 spiro atoms. The van der Waals surface area contributed by atoms with E-state index in [-0.39, 0.29) is 12.0 Å². The van der Waals surface area contributed by atoms with E-state index in [9.17, 15) is 5.11 Å². The van der Waals surface area contributed by atoms with Crippen molar-refractivity contribution in [1.82, 2.24) is 0 Å². The van der Waals surface area contributed by atoms with Crippen molar-refractivity contribution in [3.63, 3.8) is 0 Å². The first-order chi connectivity index (χ1) is 14.8. The highest BCUT2D eigenvalue weighted by atomic mass is 16.3. The van der Waals surface area contributed by atoms with E-state index in [1.54, 1.807) is 0 Å². The Morgan fingerprint density at radius 1 is 0.667 bits per heavy atom. The van der Waals surface area contributed by atoms with Gasteiger partial charge in [-0.3, -0.25) is 0 Å². The van der Waals surface area contributed by atoms with Gasteiger partial charge in [0.1, 0.15) is 0 Å². The quantitative estimate of drug-likeness (QED) is 0.429. The summed E-state index contributed by atoms with van der Waals surface area (Å²) in [4.78, 5) is 0. The van der Waals surface area contributed by atoms with Gasteiger partial charge in [-0.05, 0) is 45.4 Å². The third-order valence-corrected chi connectivity index (χ3v) is 6.27. The van der Waals surface area contributed by atoms with Crippen molar-refractivity contribution in [2.75, 3.05) is 0 Å². The fourth-order valence-electron chi connectivity index (χ4n) is 4.75. The van der Waals surface area contributed by atoms with E-state index < -0.39 is 0 Å². The number of aliphatic hydroxyl groups is 1. The standard InChI is InChI=1S/C29H24O/c30-21-28-26(22-10-4-1-5-11-22)17-16-23-20-29(19-18-27(23)28,24-12-6-2-7-13-24)25-14-8-3-9-15-25/h1-19,30H,20-21H2. The Labute approximate surface area is 178 Å². The van der Waals surface area contributed by atoms with E-state index in [0.717, 1.165) is 28.7 Å². The van der Waals surface area contributed by atoms with Crippen LogP contribution in [0.1, 0.15) is 27.8 Å². The molecule has 4 aromatic carbocycles. The van der Waals surface area contributed by atoms with E-state index in [0.29, 0.717) is 0 Å².